The van der Waals surface area contributed by atoms with E-state index in [2.05, 4.69) is 0 Å². The minimum Gasteiger partial charge on any atom is -0.294 e. The number of carbonyl (C=O) groups excluding carboxylic acids is 1. The molecule has 0 amide bonds. The Morgan fingerprint density at radius 3 is 2.69 bits per heavy atom. The molecule has 0 saturated carbocycles. The molecule has 0 radical (unpaired) electrons. The van der Waals surface area contributed by atoms with Crippen LogP contribution >= 0.6 is 11.8 Å². The Bertz CT molecular complexity index is 418. The largest absolute Gasteiger partial charge is 0.294 e. The Labute approximate surface area is 98.2 Å². The van der Waals surface area contributed by atoms with Gasteiger partial charge in [0.2, 0.25) is 0 Å². The van der Waals surface area contributed by atoms with Crippen molar-refractivity contribution in [3.8, 4) is 0 Å². The fraction of sp³-hybridized carbons (Fsp3) is 0.364. The van der Waals surface area contributed by atoms with Crippen LogP contribution in [0.25, 0.3) is 0 Å². The molecule has 0 aliphatic heterocycles. The van der Waals surface area contributed by atoms with E-state index in [4.69, 9.17) is 0 Å². The van der Waals surface area contributed by atoms with Crippen LogP contribution in [-0.4, -0.2) is 22.7 Å². The van der Waals surface area contributed by atoms with Crippen LogP contribution in [0.3, 0.4) is 0 Å². The summed E-state index contributed by atoms with van der Waals surface area (Å²) in [4.78, 5) is 21.8. The number of ketones is 1. The first-order valence-corrected chi connectivity index (χ1v) is 6.23. The zero-order valence-corrected chi connectivity index (χ0v) is 10.0. The molecule has 0 bridgehead atoms. The average molecular weight is 239 g/mol. The van der Waals surface area contributed by atoms with Crippen molar-refractivity contribution in [1.82, 2.24) is 0 Å². The molecule has 0 fully saturated rings. The highest BCUT2D eigenvalue weighted by Gasteiger charge is 2.12. The maximum Gasteiger partial charge on any atom is 0.269 e. The van der Waals surface area contributed by atoms with Crippen molar-refractivity contribution in [1.29, 1.82) is 0 Å². The average Bonchev–Trinajstić information content (AvgIpc) is 2.25. The van der Waals surface area contributed by atoms with Gasteiger partial charge in [0.05, 0.1) is 4.92 Å². The van der Waals surface area contributed by atoms with Crippen LogP contribution in [0.1, 0.15) is 22.3 Å². The molecule has 0 unspecified atom stereocenters. The lowest BCUT2D eigenvalue weighted by atomic mass is 10.0. The maximum absolute atomic E-state index is 11.7. The van der Waals surface area contributed by atoms with Crippen LogP contribution < -0.4 is 0 Å². The Kier molecular flexibility index (Phi) is 4.49. The van der Waals surface area contributed by atoms with Gasteiger partial charge in [-0.05, 0) is 24.8 Å². The maximum atomic E-state index is 11.7. The molecular weight excluding hydrogens is 226 g/mol. The van der Waals surface area contributed by atoms with E-state index in [1.165, 1.54) is 18.2 Å². The number of rotatable bonds is 5. The molecular formula is C11H13NO3S. The zero-order chi connectivity index (χ0) is 12.1. The fourth-order valence-corrected chi connectivity index (χ4v) is 1.79. The van der Waals surface area contributed by atoms with Crippen LogP contribution in [0.5, 0.6) is 0 Å². The van der Waals surface area contributed by atoms with Gasteiger partial charge in [-0.2, -0.15) is 11.8 Å². The summed E-state index contributed by atoms with van der Waals surface area (Å²) in [5.41, 5.74) is 1.28. The first kappa shape index (κ1) is 12.7. The lowest BCUT2D eigenvalue weighted by Crippen LogP contribution is -2.03. The van der Waals surface area contributed by atoms with E-state index >= 15 is 0 Å². The molecule has 1 aromatic carbocycles. The standard InChI is InChI=1S/C11H13NO3S/c1-8-7-9(12(14)15)3-4-10(8)11(13)5-6-16-2/h3-4,7H,5-6H2,1-2H3. The summed E-state index contributed by atoms with van der Waals surface area (Å²) in [5, 5.41) is 10.5. The normalized spacial score (nSPS) is 10.1. The molecule has 4 nitrogen and oxygen atoms in total. The van der Waals surface area contributed by atoms with Gasteiger partial charge in [-0.3, -0.25) is 14.9 Å². The Balaban J connectivity index is 2.90. The zero-order valence-electron chi connectivity index (χ0n) is 9.23. The minimum atomic E-state index is -0.455. The second kappa shape index (κ2) is 5.65. The van der Waals surface area contributed by atoms with Gasteiger partial charge in [0.15, 0.2) is 5.78 Å². The third-order valence-electron chi connectivity index (χ3n) is 2.25. The van der Waals surface area contributed by atoms with Crippen LogP contribution in [0.4, 0.5) is 5.69 Å². The molecule has 0 spiro atoms. The lowest BCUT2D eigenvalue weighted by Gasteiger charge is -2.03. The number of thioether (sulfide) groups is 1. The van der Waals surface area contributed by atoms with Crippen molar-refractivity contribution in [3.63, 3.8) is 0 Å². The second-order valence-corrected chi connectivity index (χ2v) is 4.41. The molecule has 0 saturated heterocycles. The molecule has 0 aliphatic rings. The van der Waals surface area contributed by atoms with E-state index in [0.717, 1.165) is 5.75 Å². The number of nitro benzene ring substituents is 1. The van der Waals surface area contributed by atoms with Crippen LogP contribution in [0.2, 0.25) is 0 Å². The van der Waals surface area contributed by atoms with Crippen molar-refractivity contribution in [3.05, 3.63) is 39.4 Å². The Morgan fingerprint density at radius 2 is 2.19 bits per heavy atom. The third kappa shape index (κ3) is 3.06. The number of aryl methyl sites for hydroxylation is 1. The number of non-ortho nitro benzene ring substituents is 1. The molecule has 1 rings (SSSR count). The highest BCUT2D eigenvalue weighted by atomic mass is 32.2. The number of benzene rings is 1. The molecule has 86 valence electrons. The SMILES string of the molecule is CSCCC(=O)c1ccc([N+](=O)[O-])cc1C. The molecule has 0 heterocycles. The lowest BCUT2D eigenvalue weighted by molar-refractivity contribution is -0.384. The van der Waals surface area contributed by atoms with E-state index < -0.39 is 4.92 Å². The molecule has 0 atom stereocenters. The highest BCUT2D eigenvalue weighted by Crippen LogP contribution is 2.18. The van der Waals surface area contributed by atoms with E-state index in [1.54, 1.807) is 18.7 Å². The molecule has 0 aromatic heterocycles. The molecule has 0 aliphatic carbocycles. The van der Waals surface area contributed by atoms with Gasteiger partial charge < -0.3 is 0 Å². The summed E-state index contributed by atoms with van der Waals surface area (Å²) in [5.74, 6) is 0.816. The molecule has 1 aromatic rings. The summed E-state index contributed by atoms with van der Waals surface area (Å²) < 4.78 is 0. The minimum absolute atomic E-state index is 0.0268. The number of hydrogen-bond acceptors (Lipinski definition) is 4. The Hall–Kier alpha value is -1.36. The van der Waals surface area contributed by atoms with Gasteiger partial charge in [-0.15, -0.1) is 0 Å². The summed E-state index contributed by atoms with van der Waals surface area (Å²) in [6.45, 7) is 1.72. The van der Waals surface area contributed by atoms with Gasteiger partial charge >= 0.3 is 0 Å². The van der Waals surface area contributed by atoms with Crippen molar-refractivity contribution in [2.24, 2.45) is 0 Å². The predicted octanol–water partition coefficient (Wildman–Crippen LogP) is 2.84. The number of nitro groups is 1. The summed E-state index contributed by atoms with van der Waals surface area (Å²) >= 11 is 1.61. The topological polar surface area (TPSA) is 60.2 Å². The van der Waals surface area contributed by atoms with Crippen LogP contribution in [0.15, 0.2) is 18.2 Å². The number of Topliss-reactive ketones (excluding diaryl/α,β-unsaturated/α-hetero) is 1. The smallest absolute Gasteiger partial charge is 0.269 e. The number of carbonyl (C=O) groups is 1. The third-order valence-corrected chi connectivity index (χ3v) is 2.87. The predicted molar refractivity (Wildman–Crippen MR) is 65.2 cm³/mol. The van der Waals surface area contributed by atoms with Crippen LogP contribution in [-0.2, 0) is 0 Å². The molecule has 0 N–H and O–H groups in total. The number of nitrogens with zero attached hydrogens (tertiary/aromatic N) is 1. The first-order chi connectivity index (χ1) is 7.56. The summed E-state index contributed by atoms with van der Waals surface area (Å²) in [6, 6.07) is 4.35. The van der Waals surface area contributed by atoms with E-state index in [-0.39, 0.29) is 11.5 Å². The van der Waals surface area contributed by atoms with Crippen molar-refractivity contribution in [2.45, 2.75) is 13.3 Å². The first-order valence-electron chi connectivity index (χ1n) is 4.83. The van der Waals surface area contributed by atoms with Gasteiger partial charge in [0.1, 0.15) is 0 Å². The van der Waals surface area contributed by atoms with E-state index in [9.17, 15) is 14.9 Å². The molecule has 5 heteroatoms. The highest BCUT2D eigenvalue weighted by molar-refractivity contribution is 7.98. The Morgan fingerprint density at radius 1 is 1.50 bits per heavy atom. The van der Waals surface area contributed by atoms with Gasteiger partial charge in [0.25, 0.3) is 5.69 Å². The van der Waals surface area contributed by atoms with E-state index in [1.807, 2.05) is 6.26 Å². The van der Waals surface area contributed by atoms with Crippen LogP contribution in [0, 0.1) is 17.0 Å². The van der Waals surface area contributed by atoms with Gasteiger partial charge in [-0.1, -0.05) is 0 Å². The summed E-state index contributed by atoms with van der Waals surface area (Å²) in [6.07, 6.45) is 2.41. The monoisotopic (exact) mass is 239 g/mol. The van der Waals surface area contributed by atoms with Crippen molar-refractivity contribution >= 4 is 23.2 Å². The van der Waals surface area contributed by atoms with E-state index in [0.29, 0.717) is 17.5 Å². The van der Waals surface area contributed by atoms with Gasteiger partial charge in [0, 0.05) is 29.9 Å². The fourth-order valence-electron chi connectivity index (χ4n) is 1.40. The number of hydrogen-bond donors (Lipinski definition) is 0. The second-order valence-electron chi connectivity index (χ2n) is 3.42. The van der Waals surface area contributed by atoms with Crippen molar-refractivity contribution in [2.75, 3.05) is 12.0 Å². The van der Waals surface area contributed by atoms with Gasteiger partial charge in [-0.25, -0.2) is 0 Å². The quantitative estimate of drug-likeness (QED) is 0.450. The summed E-state index contributed by atoms with van der Waals surface area (Å²) in [7, 11) is 0. The van der Waals surface area contributed by atoms with Crippen molar-refractivity contribution < 1.29 is 9.72 Å². The molecule has 16 heavy (non-hydrogen) atoms.